The second-order valence-corrected chi connectivity index (χ2v) is 4.52. The summed E-state index contributed by atoms with van der Waals surface area (Å²) < 4.78 is 10.3. The molecule has 1 rings (SSSR count). The number of aliphatic carboxylic acids is 1. The molecule has 1 aromatic carbocycles. The predicted octanol–water partition coefficient (Wildman–Crippen LogP) is 1.69. The minimum atomic E-state index is -1.02. The third-order valence-corrected chi connectivity index (χ3v) is 2.85. The Bertz CT molecular complexity index is 458. The van der Waals surface area contributed by atoms with E-state index in [-0.39, 0.29) is 0 Å². The fourth-order valence-corrected chi connectivity index (χ4v) is 1.73. The topological polar surface area (TPSA) is 84.9 Å². The lowest BCUT2D eigenvalue weighted by molar-refractivity contribution is -0.139. The van der Waals surface area contributed by atoms with E-state index in [0.29, 0.717) is 37.4 Å². The first-order valence-electron chi connectivity index (χ1n) is 6.84. The average Bonchev–Trinajstić information content (AvgIpc) is 2.47. The molecule has 1 atom stereocenters. The Morgan fingerprint density at radius 3 is 2.43 bits per heavy atom. The Morgan fingerprint density at radius 2 is 1.90 bits per heavy atom. The van der Waals surface area contributed by atoms with Gasteiger partial charge in [-0.15, -0.1) is 0 Å². The number of hydrogen-bond donors (Lipinski definition) is 2. The molecule has 21 heavy (non-hydrogen) atoms. The highest BCUT2D eigenvalue weighted by atomic mass is 16.5. The van der Waals surface area contributed by atoms with Gasteiger partial charge in [0.05, 0.1) is 6.61 Å². The fraction of sp³-hybridized carbons (Fsp3) is 0.467. The highest BCUT2D eigenvalue weighted by Crippen LogP contribution is 2.12. The van der Waals surface area contributed by atoms with Crippen molar-refractivity contribution in [1.82, 2.24) is 5.32 Å². The first-order chi connectivity index (χ1) is 10.1. The van der Waals surface area contributed by atoms with Crippen molar-refractivity contribution in [1.29, 1.82) is 0 Å². The number of carbonyl (C=O) groups is 2. The van der Waals surface area contributed by atoms with Crippen LogP contribution in [0.1, 0.15) is 30.1 Å². The van der Waals surface area contributed by atoms with Gasteiger partial charge < -0.3 is 19.9 Å². The van der Waals surface area contributed by atoms with Crippen LogP contribution < -0.4 is 10.1 Å². The Morgan fingerprint density at radius 1 is 1.24 bits per heavy atom. The van der Waals surface area contributed by atoms with Gasteiger partial charge >= 0.3 is 5.97 Å². The summed E-state index contributed by atoms with van der Waals surface area (Å²) >= 11 is 0. The molecular formula is C15H21NO5. The lowest BCUT2D eigenvalue weighted by Crippen LogP contribution is -2.40. The largest absolute Gasteiger partial charge is 0.491 e. The first kappa shape index (κ1) is 17.0. The number of amides is 1. The van der Waals surface area contributed by atoms with Crippen LogP contribution in [0.4, 0.5) is 0 Å². The van der Waals surface area contributed by atoms with Gasteiger partial charge in [-0.3, -0.25) is 4.79 Å². The maximum absolute atomic E-state index is 12.0. The zero-order valence-corrected chi connectivity index (χ0v) is 12.3. The summed E-state index contributed by atoms with van der Waals surface area (Å²) in [6.45, 7) is 2.79. The van der Waals surface area contributed by atoms with Crippen LogP contribution in [0.25, 0.3) is 0 Å². The second kappa shape index (κ2) is 8.97. The summed E-state index contributed by atoms with van der Waals surface area (Å²) in [6, 6.07) is 5.67. The number of nitrogens with one attached hydrogen (secondary N) is 1. The number of carbonyl (C=O) groups excluding carboxylic acids is 1. The fourth-order valence-electron chi connectivity index (χ4n) is 1.73. The zero-order valence-electron chi connectivity index (χ0n) is 12.3. The van der Waals surface area contributed by atoms with Crippen molar-refractivity contribution in [2.75, 3.05) is 20.3 Å². The molecule has 0 radical (unpaired) electrons. The molecule has 0 bridgehead atoms. The van der Waals surface area contributed by atoms with Crippen molar-refractivity contribution in [3.63, 3.8) is 0 Å². The summed E-state index contributed by atoms with van der Waals surface area (Å²) in [5.41, 5.74) is 0.399. The Hall–Kier alpha value is -2.08. The van der Waals surface area contributed by atoms with Crippen molar-refractivity contribution in [3.05, 3.63) is 29.8 Å². The number of carboxylic acids is 1. The Balaban J connectivity index is 2.59. The van der Waals surface area contributed by atoms with E-state index in [1.54, 1.807) is 31.4 Å². The molecule has 0 saturated carbocycles. The van der Waals surface area contributed by atoms with Gasteiger partial charge in [-0.1, -0.05) is 13.3 Å². The SMILES string of the molecule is CCCC(NC(=O)c1ccc(OCCOC)cc1)C(=O)O. The molecule has 1 amide bonds. The molecule has 1 unspecified atom stereocenters. The van der Waals surface area contributed by atoms with E-state index in [1.807, 2.05) is 6.92 Å². The van der Waals surface area contributed by atoms with Crippen molar-refractivity contribution in [2.24, 2.45) is 0 Å². The molecule has 0 aliphatic carbocycles. The summed E-state index contributed by atoms with van der Waals surface area (Å²) in [4.78, 5) is 23.0. The number of carboxylic acid groups (broad SMARTS) is 1. The number of hydrogen-bond acceptors (Lipinski definition) is 4. The smallest absolute Gasteiger partial charge is 0.326 e. The van der Waals surface area contributed by atoms with Crippen LogP contribution in [0.5, 0.6) is 5.75 Å². The van der Waals surface area contributed by atoms with E-state index < -0.39 is 17.9 Å². The molecule has 1 aromatic rings. The third kappa shape index (κ3) is 5.83. The second-order valence-electron chi connectivity index (χ2n) is 4.52. The highest BCUT2D eigenvalue weighted by Gasteiger charge is 2.19. The molecule has 0 fully saturated rings. The quantitative estimate of drug-likeness (QED) is 0.677. The molecule has 6 heteroatoms. The van der Waals surface area contributed by atoms with Crippen LogP contribution in [-0.2, 0) is 9.53 Å². The number of benzene rings is 1. The molecule has 0 aliphatic heterocycles. The normalized spacial score (nSPS) is 11.7. The molecule has 0 saturated heterocycles. The summed E-state index contributed by atoms with van der Waals surface area (Å²) in [5, 5.41) is 11.5. The maximum Gasteiger partial charge on any atom is 0.326 e. The summed E-state index contributed by atoms with van der Waals surface area (Å²) in [6.07, 6.45) is 1.09. The average molecular weight is 295 g/mol. The molecule has 116 valence electrons. The van der Waals surface area contributed by atoms with Crippen LogP contribution in [0.3, 0.4) is 0 Å². The maximum atomic E-state index is 12.0. The van der Waals surface area contributed by atoms with E-state index in [9.17, 15) is 9.59 Å². The number of methoxy groups -OCH3 is 1. The lowest BCUT2D eigenvalue weighted by atomic mass is 10.1. The lowest BCUT2D eigenvalue weighted by Gasteiger charge is -2.13. The van der Waals surface area contributed by atoms with Gasteiger partial charge in [-0.2, -0.15) is 0 Å². The number of ether oxygens (including phenoxy) is 2. The van der Waals surface area contributed by atoms with Gasteiger partial charge in [0.1, 0.15) is 18.4 Å². The van der Waals surface area contributed by atoms with Gasteiger partial charge in [0.15, 0.2) is 0 Å². The molecule has 0 spiro atoms. The minimum Gasteiger partial charge on any atom is -0.491 e. The van der Waals surface area contributed by atoms with Gasteiger partial charge in [0, 0.05) is 12.7 Å². The van der Waals surface area contributed by atoms with E-state index in [0.717, 1.165) is 0 Å². The predicted molar refractivity (Wildman–Crippen MR) is 77.6 cm³/mol. The molecule has 0 aromatic heterocycles. The van der Waals surface area contributed by atoms with Crippen LogP contribution in [-0.4, -0.2) is 43.3 Å². The number of rotatable bonds is 9. The molecule has 6 nitrogen and oxygen atoms in total. The third-order valence-electron chi connectivity index (χ3n) is 2.85. The van der Waals surface area contributed by atoms with Crippen molar-refractivity contribution in [3.8, 4) is 5.75 Å². The van der Waals surface area contributed by atoms with Crippen molar-refractivity contribution in [2.45, 2.75) is 25.8 Å². The van der Waals surface area contributed by atoms with E-state index >= 15 is 0 Å². The van der Waals surface area contributed by atoms with Crippen LogP contribution in [0, 0.1) is 0 Å². The van der Waals surface area contributed by atoms with E-state index in [2.05, 4.69) is 5.32 Å². The van der Waals surface area contributed by atoms with Crippen LogP contribution in [0.15, 0.2) is 24.3 Å². The first-order valence-corrected chi connectivity index (χ1v) is 6.84. The van der Waals surface area contributed by atoms with Crippen molar-refractivity contribution >= 4 is 11.9 Å². The Kier molecular flexibility index (Phi) is 7.25. The van der Waals surface area contributed by atoms with Gasteiger partial charge in [0.2, 0.25) is 0 Å². The van der Waals surface area contributed by atoms with E-state index in [1.165, 1.54) is 0 Å². The summed E-state index contributed by atoms with van der Waals surface area (Å²) in [7, 11) is 1.59. The van der Waals surface area contributed by atoms with Gasteiger partial charge in [-0.25, -0.2) is 4.79 Å². The van der Waals surface area contributed by atoms with E-state index in [4.69, 9.17) is 14.6 Å². The molecule has 0 heterocycles. The molecule has 2 N–H and O–H groups in total. The minimum absolute atomic E-state index is 0.399. The monoisotopic (exact) mass is 295 g/mol. The zero-order chi connectivity index (χ0) is 15.7. The molecule has 0 aliphatic rings. The molecular weight excluding hydrogens is 274 g/mol. The standard InChI is InChI=1S/C15H21NO5/c1-3-4-13(15(18)19)16-14(17)11-5-7-12(8-6-11)21-10-9-20-2/h5-8,13H,3-4,9-10H2,1-2H3,(H,16,17)(H,18,19). The van der Waals surface area contributed by atoms with Crippen molar-refractivity contribution < 1.29 is 24.2 Å². The Labute approximate surface area is 124 Å². The highest BCUT2D eigenvalue weighted by molar-refractivity contribution is 5.96. The van der Waals surface area contributed by atoms with Gasteiger partial charge in [0.25, 0.3) is 5.91 Å². The summed E-state index contributed by atoms with van der Waals surface area (Å²) in [5.74, 6) is -0.795. The van der Waals surface area contributed by atoms with Gasteiger partial charge in [-0.05, 0) is 30.7 Å². The van der Waals surface area contributed by atoms with Crippen LogP contribution >= 0.6 is 0 Å². The van der Waals surface area contributed by atoms with Crippen LogP contribution in [0.2, 0.25) is 0 Å².